The molecule has 2 aromatic rings. The first-order valence-electron chi connectivity index (χ1n) is 7.56. The molecule has 108 valence electrons. The highest BCUT2D eigenvalue weighted by Gasteiger charge is 2.25. The van der Waals surface area contributed by atoms with Crippen LogP contribution in [0.4, 0.5) is 0 Å². The van der Waals surface area contributed by atoms with Gasteiger partial charge in [-0.25, -0.2) is 0 Å². The zero-order chi connectivity index (χ0) is 14.7. The average molecular weight is 281 g/mol. The summed E-state index contributed by atoms with van der Waals surface area (Å²) in [6, 6.07) is 9.91. The minimum atomic E-state index is 0.356. The zero-order valence-electron chi connectivity index (χ0n) is 12.2. The maximum absolute atomic E-state index is 8.91. The molecular weight excluding hydrogens is 262 g/mol. The van der Waals surface area contributed by atoms with Gasteiger partial charge in [-0.05, 0) is 30.4 Å². The monoisotopic (exact) mass is 281 g/mol. The number of hydrogen-bond donors (Lipinski definition) is 0. The van der Waals surface area contributed by atoms with Gasteiger partial charge in [-0.3, -0.25) is 0 Å². The Labute approximate surface area is 124 Å². The largest absolute Gasteiger partial charge is 0.334 e. The minimum Gasteiger partial charge on any atom is -0.334 e. The first-order valence-corrected chi connectivity index (χ1v) is 7.56. The molecule has 0 radical (unpaired) electrons. The molecule has 3 rings (SSSR count). The topological polar surface area (TPSA) is 62.7 Å². The van der Waals surface area contributed by atoms with Crippen molar-refractivity contribution in [2.75, 3.05) is 0 Å². The summed E-state index contributed by atoms with van der Waals surface area (Å²) in [5, 5.41) is 13.1. The van der Waals surface area contributed by atoms with E-state index in [9.17, 15) is 0 Å². The fraction of sp³-hybridized carbons (Fsp3) is 0.471. The van der Waals surface area contributed by atoms with Crippen LogP contribution < -0.4 is 0 Å². The van der Waals surface area contributed by atoms with E-state index in [1.165, 1.54) is 12.8 Å². The molecule has 0 N–H and O–H groups in total. The van der Waals surface area contributed by atoms with Crippen molar-refractivity contribution in [3.05, 3.63) is 35.7 Å². The van der Waals surface area contributed by atoms with Crippen molar-refractivity contribution in [1.29, 1.82) is 5.26 Å². The van der Waals surface area contributed by atoms with E-state index in [-0.39, 0.29) is 0 Å². The third-order valence-corrected chi connectivity index (χ3v) is 4.26. The standard InChI is InChI=1S/C17H19N3O/c1-12-5-4-7-14(11-12)16-19-17(21-20-16)15-8-3-2-6-13(15)9-10-18/h2-3,6,8,12,14H,4-5,7,9,11H2,1H3. The summed E-state index contributed by atoms with van der Waals surface area (Å²) in [5.41, 5.74) is 1.81. The van der Waals surface area contributed by atoms with Crippen molar-refractivity contribution in [2.24, 2.45) is 5.92 Å². The summed E-state index contributed by atoms with van der Waals surface area (Å²) in [4.78, 5) is 4.59. The molecule has 1 aromatic heterocycles. The van der Waals surface area contributed by atoms with Crippen molar-refractivity contribution in [3.63, 3.8) is 0 Å². The average Bonchev–Trinajstić information content (AvgIpc) is 2.98. The SMILES string of the molecule is CC1CCCC(c2noc(-c3ccccc3CC#N)n2)C1. The lowest BCUT2D eigenvalue weighted by molar-refractivity contribution is 0.324. The van der Waals surface area contributed by atoms with Crippen LogP contribution in [0.2, 0.25) is 0 Å². The van der Waals surface area contributed by atoms with Crippen LogP contribution in [0.25, 0.3) is 11.5 Å². The predicted octanol–water partition coefficient (Wildman–Crippen LogP) is 4.10. The molecule has 1 saturated carbocycles. The van der Waals surface area contributed by atoms with Crippen LogP contribution in [0.5, 0.6) is 0 Å². The summed E-state index contributed by atoms with van der Waals surface area (Å²) in [5.74, 6) is 2.50. The number of nitriles is 1. The first-order chi connectivity index (χ1) is 10.3. The van der Waals surface area contributed by atoms with Gasteiger partial charge in [0.05, 0.1) is 12.5 Å². The van der Waals surface area contributed by atoms with Crippen molar-refractivity contribution in [1.82, 2.24) is 10.1 Å². The Bertz CT molecular complexity index is 656. The normalized spacial score (nSPS) is 21.9. The van der Waals surface area contributed by atoms with Crippen LogP contribution in [-0.4, -0.2) is 10.1 Å². The number of benzene rings is 1. The molecule has 21 heavy (non-hydrogen) atoms. The van der Waals surface area contributed by atoms with E-state index in [2.05, 4.69) is 23.1 Å². The fourth-order valence-corrected chi connectivity index (χ4v) is 3.15. The molecule has 1 aromatic carbocycles. The molecule has 1 fully saturated rings. The van der Waals surface area contributed by atoms with E-state index in [4.69, 9.17) is 9.78 Å². The molecule has 0 amide bonds. The minimum absolute atomic E-state index is 0.356. The Morgan fingerprint density at radius 1 is 1.33 bits per heavy atom. The molecule has 0 aliphatic heterocycles. The molecule has 1 aliphatic carbocycles. The second-order valence-electron chi connectivity index (χ2n) is 5.92. The molecule has 2 unspecified atom stereocenters. The van der Waals surface area contributed by atoms with Crippen LogP contribution in [0, 0.1) is 17.2 Å². The summed E-state index contributed by atoms with van der Waals surface area (Å²) < 4.78 is 5.46. The van der Waals surface area contributed by atoms with Gasteiger partial charge in [0.2, 0.25) is 0 Å². The molecule has 0 saturated heterocycles. The van der Waals surface area contributed by atoms with Crippen molar-refractivity contribution < 1.29 is 4.52 Å². The molecule has 0 bridgehead atoms. The van der Waals surface area contributed by atoms with Gasteiger partial charge in [0.15, 0.2) is 5.82 Å². The van der Waals surface area contributed by atoms with Crippen LogP contribution in [-0.2, 0) is 6.42 Å². The van der Waals surface area contributed by atoms with Gasteiger partial charge < -0.3 is 4.52 Å². The fourth-order valence-electron chi connectivity index (χ4n) is 3.15. The summed E-state index contributed by atoms with van der Waals surface area (Å²) >= 11 is 0. The van der Waals surface area contributed by atoms with E-state index < -0.39 is 0 Å². The van der Waals surface area contributed by atoms with E-state index >= 15 is 0 Å². The Hall–Kier alpha value is -2.15. The maximum Gasteiger partial charge on any atom is 0.258 e. The third kappa shape index (κ3) is 2.97. The first kappa shape index (κ1) is 13.8. The van der Waals surface area contributed by atoms with Crippen LogP contribution in [0.15, 0.2) is 28.8 Å². The number of nitrogens with zero attached hydrogens (tertiary/aromatic N) is 3. The van der Waals surface area contributed by atoms with E-state index in [0.29, 0.717) is 18.2 Å². The lowest BCUT2D eigenvalue weighted by Gasteiger charge is -2.23. The van der Waals surface area contributed by atoms with Gasteiger partial charge in [-0.1, -0.05) is 43.1 Å². The second kappa shape index (κ2) is 6.09. The molecule has 2 atom stereocenters. The van der Waals surface area contributed by atoms with Gasteiger partial charge in [0.1, 0.15) is 0 Å². The van der Waals surface area contributed by atoms with E-state index in [1.54, 1.807) is 0 Å². The molecule has 4 nitrogen and oxygen atoms in total. The quantitative estimate of drug-likeness (QED) is 0.849. The summed E-state index contributed by atoms with van der Waals surface area (Å²) in [6.07, 6.45) is 5.17. The third-order valence-electron chi connectivity index (χ3n) is 4.26. The molecule has 4 heteroatoms. The number of aromatic nitrogens is 2. The highest BCUT2D eigenvalue weighted by atomic mass is 16.5. The summed E-state index contributed by atoms with van der Waals surface area (Å²) in [6.45, 7) is 2.29. The van der Waals surface area contributed by atoms with E-state index in [1.807, 2.05) is 24.3 Å². The smallest absolute Gasteiger partial charge is 0.258 e. The Balaban J connectivity index is 1.87. The van der Waals surface area contributed by atoms with Gasteiger partial charge in [0.25, 0.3) is 5.89 Å². The Morgan fingerprint density at radius 3 is 3.00 bits per heavy atom. The second-order valence-corrected chi connectivity index (χ2v) is 5.92. The van der Waals surface area contributed by atoms with Gasteiger partial charge in [0, 0.05) is 11.5 Å². The lowest BCUT2D eigenvalue weighted by Crippen LogP contribution is -2.12. The van der Waals surface area contributed by atoms with Crippen molar-refractivity contribution in [2.45, 2.75) is 44.9 Å². The zero-order valence-corrected chi connectivity index (χ0v) is 12.2. The van der Waals surface area contributed by atoms with Gasteiger partial charge in [-0.15, -0.1) is 0 Å². The lowest BCUT2D eigenvalue weighted by atomic mass is 9.82. The van der Waals surface area contributed by atoms with Crippen LogP contribution >= 0.6 is 0 Å². The molecular formula is C17H19N3O. The predicted molar refractivity (Wildman–Crippen MR) is 79.4 cm³/mol. The summed E-state index contributed by atoms with van der Waals surface area (Å²) in [7, 11) is 0. The number of rotatable bonds is 3. The molecule has 1 heterocycles. The van der Waals surface area contributed by atoms with Crippen LogP contribution in [0.3, 0.4) is 0 Å². The highest BCUT2D eigenvalue weighted by Crippen LogP contribution is 2.35. The Kier molecular flexibility index (Phi) is 4.01. The molecule has 0 spiro atoms. The van der Waals surface area contributed by atoms with Crippen molar-refractivity contribution >= 4 is 0 Å². The van der Waals surface area contributed by atoms with E-state index in [0.717, 1.165) is 35.7 Å². The van der Waals surface area contributed by atoms with Crippen LogP contribution in [0.1, 0.15) is 49.9 Å². The number of hydrogen-bond acceptors (Lipinski definition) is 4. The van der Waals surface area contributed by atoms with Gasteiger partial charge >= 0.3 is 0 Å². The Morgan fingerprint density at radius 2 is 2.19 bits per heavy atom. The van der Waals surface area contributed by atoms with Gasteiger partial charge in [-0.2, -0.15) is 10.2 Å². The maximum atomic E-state index is 8.91. The molecule has 1 aliphatic rings. The highest BCUT2D eigenvalue weighted by molar-refractivity contribution is 5.59. The van der Waals surface area contributed by atoms with Crippen molar-refractivity contribution in [3.8, 4) is 17.5 Å².